The fourth-order valence-corrected chi connectivity index (χ4v) is 16.3. The first kappa shape index (κ1) is 44.0. The van der Waals surface area contributed by atoms with Crippen LogP contribution in [-0.2, 0) is 33.4 Å². The van der Waals surface area contributed by atoms with Crippen molar-refractivity contribution in [3.63, 3.8) is 0 Å². The molecule has 12 aliphatic carbocycles. The zero-order valence-corrected chi connectivity index (χ0v) is 38.1. The van der Waals surface area contributed by atoms with Crippen LogP contribution in [0.3, 0.4) is 0 Å². The maximum Gasteiger partial charge on any atom is 0.312 e. The van der Waals surface area contributed by atoms with Crippen LogP contribution >= 0.6 is 11.6 Å². The molecule has 0 aliphatic heterocycles. The van der Waals surface area contributed by atoms with Crippen molar-refractivity contribution in [1.29, 1.82) is 0 Å². The lowest BCUT2D eigenvalue weighted by Gasteiger charge is -2.55. The molecule has 332 valence electrons. The van der Waals surface area contributed by atoms with Crippen LogP contribution in [-0.4, -0.2) is 51.7 Å². The molecule has 0 spiro atoms. The zero-order chi connectivity index (χ0) is 42.1. The van der Waals surface area contributed by atoms with Crippen molar-refractivity contribution >= 4 is 34.8 Å². The van der Waals surface area contributed by atoms with Crippen molar-refractivity contribution in [1.82, 2.24) is 0 Å². The van der Waals surface area contributed by atoms with E-state index in [0.717, 1.165) is 98.7 Å². The third kappa shape index (κ3) is 10.1. The number of hydrogen-bond donors (Lipinski definition) is 1. The minimum Gasteiger partial charge on any atom is -0.461 e. The summed E-state index contributed by atoms with van der Waals surface area (Å²) in [6, 6.07) is 0. The quantitative estimate of drug-likeness (QED) is 0.139. The highest BCUT2D eigenvalue weighted by Gasteiger charge is 2.57. The van der Waals surface area contributed by atoms with E-state index in [1.54, 1.807) is 0 Å². The summed E-state index contributed by atoms with van der Waals surface area (Å²) in [7, 11) is 0. The van der Waals surface area contributed by atoms with Crippen molar-refractivity contribution in [2.45, 2.75) is 206 Å². The summed E-state index contributed by atoms with van der Waals surface area (Å²) in [6.45, 7) is 11.3. The molecular weight excluding hydrogens is 764 g/mol. The molecule has 0 aromatic rings. The average molecular weight is 842 g/mol. The Morgan fingerprint density at radius 1 is 0.542 bits per heavy atom. The van der Waals surface area contributed by atoms with Gasteiger partial charge in [-0.15, -0.1) is 0 Å². The van der Waals surface area contributed by atoms with Gasteiger partial charge in [0.2, 0.25) is 5.24 Å². The van der Waals surface area contributed by atoms with Crippen LogP contribution in [0.5, 0.6) is 0 Å². The van der Waals surface area contributed by atoms with E-state index in [4.69, 9.17) is 25.8 Å². The van der Waals surface area contributed by atoms with E-state index in [1.165, 1.54) is 77.0 Å². The molecular formula is C50H77ClO8. The van der Waals surface area contributed by atoms with Crippen LogP contribution in [0.2, 0.25) is 0 Å². The van der Waals surface area contributed by atoms with Gasteiger partial charge in [0.15, 0.2) is 0 Å². The van der Waals surface area contributed by atoms with Crippen LogP contribution in [0, 0.1) is 81.8 Å². The van der Waals surface area contributed by atoms with E-state index in [9.17, 15) is 24.3 Å². The Labute approximate surface area is 360 Å². The molecule has 0 saturated heterocycles. The number of fused-ring (bicyclic) bond motifs is 4. The smallest absolute Gasteiger partial charge is 0.312 e. The van der Waals surface area contributed by atoms with Crippen molar-refractivity contribution in [2.24, 2.45) is 81.8 Å². The standard InChI is InChI=1S/C25H38O4.C14H24O3.C11H15ClO/c1-24(2,3)29-22(26)11-21(20-10-15-4-5-19(20)9-15)28-23(27)25-12-16-6-17(13-25)8-18(7-16)14-25;1-14(2,3)17-13(16)8-12(15)11-7-9-4-5-10(11)6-9;12-10(13)11-4-7-1-8(5-11)3-9(2-7)6-11/h15-21H,4-14H2,1-3H3;9-12,15H,4-8H2,1-3H3;7-9H,1-6H2. The second-order valence-corrected chi connectivity index (χ2v) is 24.8. The van der Waals surface area contributed by atoms with Crippen LogP contribution in [0.1, 0.15) is 183 Å². The van der Waals surface area contributed by atoms with Gasteiger partial charge in [0.1, 0.15) is 17.3 Å². The van der Waals surface area contributed by atoms with E-state index >= 15 is 0 Å². The van der Waals surface area contributed by atoms with Crippen molar-refractivity contribution in [3.8, 4) is 0 Å². The SMILES string of the molecule is CC(C)(C)OC(=O)CC(O)C1CC2CCC1C2.CC(C)(C)OC(=O)CC(OC(=O)C12CC3CC(CC(C3)C1)C2)C1CC2CCC1C2.O=C(Cl)C12CC3CC(CC(C3)C1)C2. The van der Waals surface area contributed by atoms with Gasteiger partial charge in [0.05, 0.1) is 24.4 Å². The molecule has 8 unspecified atom stereocenters. The van der Waals surface area contributed by atoms with Crippen molar-refractivity contribution in [3.05, 3.63) is 0 Å². The maximum atomic E-state index is 13.6. The number of carbonyl (C=O) groups is 4. The highest BCUT2D eigenvalue weighted by atomic mass is 35.5. The molecule has 8 atom stereocenters. The van der Waals surface area contributed by atoms with Crippen molar-refractivity contribution in [2.75, 3.05) is 0 Å². The summed E-state index contributed by atoms with van der Waals surface area (Å²) < 4.78 is 17.2. The van der Waals surface area contributed by atoms with E-state index < -0.39 is 17.3 Å². The summed E-state index contributed by atoms with van der Waals surface area (Å²) in [5, 5.41) is 10.1. The van der Waals surface area contributed by atoms with E-state index in [-0.39, 0.29) is 52.9 Å². The third-order valence-electron chi connectivity index (χ3n) is 17.3. The molecule has 12 fully saturated rings. The number of aliphatic hydroxyl groups excluding tert-OH is 1. The monoisotopic (exact) mass is 841 g/mol. The molecule has 8 nitrogen and oxygen atoms in total. The fraction of sp³-hybridized carbons (Fsp3) is 0.920. The largest absolute Gasteiger partial charge is 0.461 e. The minimum atomic E-state index is -0.500. The third-order valence-corrected chi connectivity index (χ3v) is 17.7. The molecule has 0 radical (unpaired) electrons. The topological polar surface area (TPSA) is 116 Å². The fourth-order valence-electron chi connectivity index (χ4n) is 16.0. The molecule has 0 aromatic heterocycles. The first-order chi connectivity index (χ1) is 27.7. The Hall–Kier alpha value is -1.67. The summed E-state index contributed by atoms with van der Waals surface area (Å²) in [5.41, 5.74) is -1.28. The lowest BCUT2D eigenvalue weighted by Crippen LogP contribution is -2.51. The van der Waals surface area contributed by atoms with Gasteiger partial charge in [0.25, 0.3) is 0 Å². The molecule has 12 aliphatic rings. The first-order valence-corrected chi connectivity index (χ1v) is 24.6. The average Bonchev–Trinajstić information content (AvgIpc) is 3.93. The lowest BCUT2D eigenvalue weighted by atomic mass is 9.49. The van der Waals surface area contributed by atoms with Crippen LogP contribution < -0.4 is 0 Å². The van der Waals surface area contributed by atoms with Crippen molar-refractivity contribution < 1.29 is 38.5 Å². The highest BCUT2D eigenvalue weighted by molar-refractivity contribution is 6.64. The molecule has 0 amide bonds. The van der Waals surface area contributed by atoms with E-state index in [2.05, 4.69) is 0 Å². The van der Waals surface area contributed by atoms with Gasteiger partial charge in [-0.05, 0) is 240 Å². The molecule has 12 bridgehead atoms. The van der Waals surface area contributed by atoms with E-state index in [1.807, 2.05) is 41.5 Å². The predicted octanol–water partition coefficient (Wildman–Crippen LogP) is 10.8. The molecule has 59 heavy (non-hydrogen) atoms. The Kier molecular flexibility index (Phi) is 12.5. The number of carbonyl (C=O) groups excluding carboxylic acids is 4. The zero-order valence-electron chi connectivity index (χ0n) is 37.3. The second kappa shape index (κ2) is 16.8. The highest BCUT2D eigenvalue weighted by Crippen LogP contribution is 2.62. The maximum absolute atomic E-state index is 13.6. The van der Waals surface area contributed by atoms with Gasteiger partial charge in [-0.3, -0.25) is 19.2 Å². The Morgan fingerprint density at radius 3 is 1.29 bits per heavy atom. The number of ether oxygens (including phenoxy) is 3. The molecule has 1 N–H and O–H groups in total. The summed E-state index contributed by atoms with van der Waals surface area (Å²) in [6.07, 6.45) is 23.9. The van der Waals surface area contributed by atoms with Crippen LogP contribution in [0.4, 0.5) is 0 Å². The molecule has 12 rings (SSSR count). The summed E-state index contributed by atoms with van der Waals surface area (Å²) in [5.74, 6) is 7.71. The van der Waals surface area contributed by atoms with Gasteiger partial charge in [-0.25, -0.2) is 0 Å². The Morgan fingerprint density at radius 2 is 0.932 bits per heavy atom. The van der Waals surface area contributed by atoms with Crippen LogP contribution in [0.15, 0.2) is 0 Å². The van der Waals surface area contributed by atoms with Gasteiger partial charge in [0, 0.05) is 5.41 Å². The van der Waals surface area contributed by atoms with Gasteiger partial charge >= 0.3 is 17.9 Å². The first-order valence-electron chi connectivity index (χ1n) is 24.2. The molecule has 9 heteroatoms. The van der Waals surface area contributed by atoms with Gasteiger partial charge in [-0.1, -0.05) is 12.8 Å². The number of rotatable bonds is 9. The summed E-state index contributed by atoms with van der Waals surface area (Å²) in [4.78, 5) is 49.3. The Bertz CT molecular complexity index is 1500. The molecule has 0 aromatic carbocycles. The van der Waals surface area contributed by atoms with Gasteiger partial charge < -0.3 is 19.3 Å². The number of aliphatic hydroxyl groups is 1. The van der Waals surface area contributed by atoms with Gasteiger partial charge in [-0.2, -0.15) is 0 Å². The van der Waals surface area contributed by atoms with E-state index in [0.29, 0.717) is 23.7 Å². The second-order valence-electron chi connectivity index (χ2n) is 24.4. The Balaban J connectivity index is 0.000000136. The number of halogens is 1. The van der Waals surface area contributed by atoms with Crippen LogP contribution in [0.25, 0.3) is 0 Å². The minimum absolute atomic E-state index is 0.0212. The lowest BCUT2D eigenvalue weighted by molar-refractivity contribution is -0.184. The molecule has 12 saturated carbocycles. The molecule has 0 heterocycles. The number of esters is 3. The predicted molar refractivity (Wildman–Crippen MR) is 227 cm³/mol. The number of hydrogen-bond acceptors (Lipinski definition) is 8. The normalized spacial score (nSPS) is 42.6. The summed E-state index contributed by atoms with van der Waals surface area (Å²) >= 11 is 5.76.